The van der Waals surface area contributed by atoms with E-state index in [9.17, 15) is 4.79 Å². The quantitative estimate of drug-likeness (QED) is 0.0377. The molecule has 2 nitrogen and oxygen atoms in total. The van der Waals surface area contributed by atoms with Gasteiger partial charge in [0, 0.05) is 6.42 Å². The van der Waals surface area contributed by atoms with E-state index in [0.29, 0.717) is 13.0 Å². The minimum absolute atomic E-state index is 0.0186. The van der Waals surface area contributed by atoms with Crippen LogP contribution in [0.3, 0.4) is 0 Å². The van der Waals surface area contributed by atoms with E-state index >= 15 is 0 Å². The maximum Gasteiger partial charge on any atom is 0.305 e. The lowest BCUT2D eigenvalue weighted by Crippen LogP contribution is -2.05. The number of esters is 1. The van der Waals surface area contributed by atoms with Crippen LogP contribution in [0.2, 0.25) is 0 Å². The molecule has 0 bridgehead atoms. The summed E-state index contributed by atoms with van der Waals surface area (Å²) in [6.07, 6.45) is 53.0. The van der Waals surface area contributed by atoms with Crippen LogP contribution in [0.25, 0.3) is 0 Å². The lowest BCUT2D eigenvalue weighted by Gasteiger charge is -2.07. The predicted molar refractivity (Wildman–Crippen MR) is 207 cm³/mol. The van der Waals surface area contributed by atoms with Crippen molar-refractivity contribution < 1.29 is 9.53 Å². The molecule has 0 N–H and O–H groups in total. The molecule has 0 aromatic rings. The van der Waals surface area contributed by atoms with Crippen LogP contribution in [0.4, 0.5) is 0 Å². The number of ether oxygens (including phenoxy) is 1. The van der Waals surface area contributed by atoms with Gasteiger partial charge in [0.25, 0.3) is 0 Å². The fourth-order valence-electron chi connectivity index (χ4n) is 6.58. The van der Waals surface area contributed by atoms with Crippen molar-refractivity contribution in [3.63, 3.8) is 0 Å². The van der Waals surface area contributed by atoms with Gasteiger partial charge >= 0.3 is 5.97 Å². The third-order valence-corrected chi connectivity index (χ3v) is 10.2. The Bertz CT molecular complexity index is 597. The third kappa shape index (κ3) is 39.4. The van der Waals surface area contributed by atoms with Crippen LogP contribution in [-0.2, 0) is 9.53 Å². The summed E-state index contributed by atoms with van der Waals surface area (Å²) in [5, 5.41) is 0. The van der Waals surface area contributed by atoms with Crippen LogP contribution < -0.4 is 0 Å². The normalized spacial score (nSPS) is 12.3. The lowest BCUT2D eigenvalue weighted by atomic mass is 9.99. The third-order valence-electron chi connectivity index (χ3n) is 10.2. The van der Waals surface area contributed by atoms with Crippen LogP contribution in [0, 0.1) is 5.92 Å². The van der Waals surface area contributed by atoms with E-state index in [-0.39, 0.29) is 5.97 Å². The van der Waals surface area contributed by atoms with Gasteiger partial charge in [-0.3, -0.25) is 4.79 Å². The Labute approximate surface area is 291 Å². The van der Waals surface area contributed by atoms with Crippen molar-refractivity contribution in [3.05, 3.63) is 12.2 Å². The summed E-state index contributed by atoms with van der Waals surface area (Å²) >= 11 is 0. The summed E-state index contributed by atoms with van der Waals surface area (Å²) < 4.78 is 5.46. The molecule has 0 aromatic carbocycles. The minimum atomic E-state index is 0.0186. The van der Waals surface area contributed by atoms with E-state index in [2.05, 4.69) is 32.9 Å². The Hall–Kier alpha value is -0.790. The summed E-state index contributed by atoms with van der Waals surface area (Å²) in [5.41, 5.74) is 0. The number of carbonyl (C=O) groups is 1. The number of allylic oxidation sites excluding steroid dienone is 2. The second kappa shape index (κ2) is 40.4. The van der Waals surface area contributed by atoms with Gasteiger partial charge < -0.3 is 4.74 Å². The first-order valence-electron chi connectivity index (χ1n) is 21.5. The molecular formula is C44H86O2. The molecule has 0 aliphatic carbocycles. The first-order chi connectivity index (χ1) is 22.7. The summed E-state index contributed by atoms with van der Waals surface area (Å²) in [4.78, 5) is 12.0. The van der Waals surface area contributed by atoms with Gasteiger partial charge in [0.05, 0.1) is 6.61 Å². The minimum Gasteiger partial charge on any atom is -0.466 e. The van der Waals surface area contributed by atoms with Gasteiger partial charge in [-0.2, -0.15) is 0 Å². The Morgan fingerprint density at radius 1 is 0.457 bits per heavy atom. The molecule has 0 aromatic heterocycles. The fourth-order valence-corrected chi connectivity index (χ4v) is 6.58. The number of unbranched alkanes of at least 4 members (excludes halogenated alkanes) is 30. The molecule has 0 fully saturated rings. The smallest absolute Gasteiger partial charge is 0.305 e. The molecular weight excluding hydrogens is 560 g/mol. The van der Waals surface area contributed by atoms with E-state index in [4.69, 9.17) is 4.74 Å². The van der Waals surface area contributed by atoms with Crippen LogP contribution in [-0.4, -0.2) is 12.6 Å². The Morgan fingerprint density at radius 3 is 1.22 bits per heavy atom. The van der Waals surface area contributed by atoms with E-state index in [1.807, 2.05) is 0 Å². The average molecular weight is 647 g/mol. The van der Waals surface area contributed by atoms with Gasteiger partial charge in [-0.25, -0.2) is 0 Å². The molecule has 0 rings (SSSR count). The standard InChI is InChI=1S/C44H86O2/c1-4-6-7-8-9-10-11-22-26-29-32-35-38-41-44(45)46-42-39-36-33-30-27-24-21-19-17-15-13-12-14-16-18-20-23-25-28-31-34-37-40-43(3)5-2/h10-11,43H,4-9,12-42H2,1-3H3/b11-10-. The van der Waals surface area contributed by atoms with Gasteiger partial charge in [-0.05, 0) is 44.4 Å². The summed E-state index contributed by atoms with van der Waals surface area (Å²) in [6.45, 7) is 7.61. The maximum atomic E-state index is 12.0. The molecule has 0 aliphatic rings. The summed E-state index contributed by atoms with van der Waals surface area (Å²) in [5.74, 6) is 0.955. The molecule has 0 heterocycles. The fraction of sp³-hybridized carbons (Fsp3) is 0.932. The first kappa shape index (κ1) is 45.2. The van der Waals surface area contributed by atoms with Crippen LogP contribution in [0.5, 0.6) is 0 Å². The zero-order chi connectivity index (χ0) is 33.4. The monoisotopic (exact) mass is 647 g/mol. The van der Waals surface area contributed by atoms with E-state index in [1.165, 1.54) is 205 Å². The van der Waals surface area contributed by atoms with Gasteiger partial charge in [0.15, 0.2) is 0 Å². The van der Waals surface area contributed by atoms with Crippen molar-refractivity contribution in [3.8, 4) is 0 Å². The zero-order valence-electron chi connectivity index (χ0n) is 32.2. The van der Waals surface area contributed by atoms with Crippen molar-refractivity contribution in [1.82, 2.24) is 0 Å². The van der Waals surface area contributed by atoms with E-state index < -0.39 is 0 Å². The molecule has 0 radical (unpaired) electrons. The molecule has 1 atom stereocenters. The molecule has 0 saturated heterocycles. The predicted octanol–water partition coefficient (Wildman–Crippen LogP) is 15.8. The van der Waals surface area contributed by atoms with Gasteiger partial charge in [0.1, 0.15) is 0 Å². The number of hydrogen-bond acceptors (Lipinski definition) is 2. The topological polar surface area (TPSA) is 26.3 Å². The summed E-state index contributed by atoms with van der Waals surface area (Å²) in [7, 11) is 0. The van der Waals surface area contributed by atoms with E-state index in [0.717, 1.165) is 25.2 Å². The van der Waals surface area contributed by atoms with Crippen LogP contribution in [0.1, 0.15) is 252 Å². The highest BCUT2D eigenvalue weighted by Gasteiger charge is 2.03. The van der Waals surface area contributed by atoms with Gasteiger partial charge in [0.2, 0.25) is 0 Å². The van der Waals surface area contributed by atoms with Crippen molar-refractivity contribution in [1.29, 1.82) is 0 Å². The largest absolute Gasteiger partial charge is 0.466 e. The second-order valence-corrected chi connectivity index (χ2v) is 14.9. The molecule has 0 saturated carbocycles. The second-order valence-electron chi connectivity index (χ2n) is 14.9. The van der Waals surface area contributed by atoms with Crippen LogP contribution in [0.15, 0.2) is 12.2 Å². The molecule has 0 spiro atoms. The van der Waals surface area contributed by atoms with Crippen molar-refractivity contribution >= 4 is 5.97 Å². The molecule has 0 amide bonds. The molecule has 0 aliphatic heterocycles. The first-order valence-corrected chi connectivity index (χ1v) is 21.5. The maximum absolute atomic E-state index is 12.0. The molecule has 1 unspecified atom stereocenters. The Morgan fingerprint density at radius 2 is 0.804 bits per heavy atom. The average Bonchev–Trinajstić information content (AvgIpc) is 3.06. The Balaban J connectivity index is 3.16. The summed E-state index contributed by atoms with van der Waals surface area (Å²) in [6, 6.07) is 0. The van der Waals surface area contributed by atoms with Gasteiger partial charge in [-0.15, -0.1) is 0 Å². The molecule has 274 valence electrons. The van der Waals surface area contributed by atoms with Crippen molar-refractivity contribution in [2.75, 3.05) is 6.61 Å². The number of hydrogen-bond donors (Lipinski definition) is 0. The number of rotatable bonds is 39. The number of carbonyl (C=O) groups excluding carboxylic acids is 1. The van der Waals surface area contributed by atoms with Gasteiger partial charge in [-0.1, -0.05) is 219 Å². The highest BCUT2D eigenvalue weighted by Crippen LogP contribution is 2.17. The van der Waals surface area contributed by atoms with Crippen LogP contribution >= 0.6 is 0 Å². The van der Waals surface area contributed by atoms with Crippen molar-refractivity contribution in [2.24, 2.45) is 5.92 Å². The Kier molecular flexibility index (Phi) is 39.7. The SMILES string of the molecule is CCCCCC/C=C\CCCCCCCC(=O)OCCCCCCCCCCCCCCCCCCCCCCCCC(C)CC. The van der Waals surface area contributed by atoms with Crippen molar-refractivity contribution in [2.45, 2.75) is 252 Å². The highest BCUT2D eigenvalue weighted by atomic mass is 16.5. The molecule has 46 heavy (non-hydrogen) atoms. The van der Waals surface area contributed by atoms with E-state index in [1.54, 1.807) is 0 Å². The molecule has 2 heteroatoms. The zero-order valence-corrected chi connectivity index (χ0v) is 32.2. The highest BCUT2D eigenvalue weighted by molar-refractivity contribution is 5.69. The lowest BCUT2D eigenvalue weighted by molar-refractivity contribution is -0.143.